The van der Waals surface area contributed by atoms with E-state index in [0.717, 1.165) is 27.9 Å². The van der Waals surface area contributed by atoms with Crippen LogP contribution in [0.25, 0.3) is 16.6 Å². The Balaban J connectivity index is 1.57. The Bertz CT molecular complexity index is 1010. The summed E-state index contributed by atoms with van der Waals surface area (Å²) >= 11 is 0. The Morgan fingerprint density at radius 3 is 2.92 bits per heavy atom. The average Bonchev–Trinajstić information content (AvgIpc) is 3.18. The number of hydrogen-bond donors (Lipinski definition) is 1. The van der Waals surface area contributed by atoms with E-state index in [1.54, 1.807) is 6.20 Å². The molecule has 0 fully saturated rings. The normalized spacial score (nSPS) is 12.6. The number of nitrogens with zero attached hydrogens (tertiary/aromatic N) is 2. The van der Waals surface area contributed by atoms with Crippen molar-refractivity contribution in [1.82, 2.24) is 14.7 Å². The van der Waals surface area contributed by atoms with E-state index in [9.17, 15) is 4.79 Å². The molecule has 0 saturated heterocycles. The third-order valence-corrected chi connectivity index (χ3v) is 4.07. The number of para-hydroxylation sites is 1. The molecule has 0 aliphatic rings. The Morgan fingerprint density at radius 1 is 1.25 bits per heavy atom. The van der Waals surface area contributed by atoms with Gasteiger partial charge >= 0.3 is 0 Å². The number of carbonyl (C=O) groups excluding carboxylic acids is 1. The van der Waals surface area contributed by atoms with E-state index in [1.165, 1.54) is 0 Å². The number of furan rings is 1. The largest absolute Gasteiger partial charge is 0.459 e. The maximum atomic E-state index is 12.5. The molecule has 1 aromatic carbocycles. The summed E-state index contributed by atoms with van der Waals surface area (Å²) in [6, 6.07) is 13.4. The molecule has 4 rings (SSSR count). The highest BCUT2D eigenvalue weighted by atomic mass is 16.3. The van der Waals surface area contributed by atoms with Gasteiger partial charge in [-0.2, -0.15) is 0 Å². The molecule has 120 valence electrons. The molecule has 0 aliphatic heterocycles. The second-order valence-corrected chi connectivity index (χ2v) is 5.98. The van der Waals surface area contributed by atoms with Crippen LogP contribution in [0.15, 0.2) is 59.3 Å². The predicted molar refractivity (Wildman–Crippen MR) is 92.0 cm³/mol. The van der Waals surface area contributed by atoms with Gasteiger partial charge < -0.3 is 14.1 Å². The maximum absolute atomic E-state index is 12.5. The van der Waals surface area contributed by atoms with Gasteiger partial charge in [0, 0.05) is 17.8 Å². The van der Waals surface area contributed by atoms with Crippen LogP contribution in [0.2, 0.25) is 0 Å². The number of nitrogens with one attached hydrogen (secondary N) is 1. The molecule has 0 aliphatic carbocycles. The van der Waals surface area contributed by atoms with Gasteiger partial charge in [0.2, 0.25) is 0 Å². The Morgan fingerprint density at radius 2 is 2.08 bits per heavy atom. The van der Waals surface area contributed by atoms with Gasteiger partial charge in [-0.25, -0.2) is 4.98 Å². The molecule has 0 bridgehead atoms. The molecule has 4 aromatic rings. The fraction of sp³-hybridized carbons (Fsp3) is 0.158. The van der Waals surface area contributed by atoms with Crippen molar-refractivity contribution in [3.63, 3.8) is 0 Å². The zero-order valence-electron chi connectivity index (χ0n) is 13.5. The predicted octanol–water partition coefficient (Wildman–Crippen LogP) is 3.88. The van der Waals surface area contributed by atoms with Gasteiger partial charge in [0.25, 0.3) is 5.91 Å². The first-order valence-electron chi connectivity index (χ1n) is 7.85. The number of rotatable bonds is 3. The summed E-state index contributed by atoms with van der Waals surface area (Å²) in [7, 11) is 0. The van der Waals surface area contributed by atoms with Crippen LogP contribution in [-0.2, 0) is 0 Å². The molecular formula is C19H17N3O2. The van der Waals surface area contributed by atoms with Crippen LogP contribution >= 0.6 is 0 Å². The van der Waals surface area contributed by atoms with Crippen molar-refractivity contribution in [3.8, 4) is 0 Å². The van der Waals surface area contributed by atoms with E-state index >= 15 is 0 Å². The molecule has 24 heavy (non-hydrogen) atoms. The molecule has 5 heteroatoms. The van der Waals surface area contributed by atoms with Crippen LogP contribution in [-0.4, -0.2) is 15.3 Å². The highest BCUT2D eigenvalue weighted by Gasteiger charge is 2.17. The number of carbonyl (C=O) groups is 1. The zero-order valence-corrected chi connectivity index (χ0v) is 13.5. The first kappa shape index (κ1) is 14.5. The van der Waals surface area contributed by atoms with Crippen LogP contribution in [0.4, 0.5) is 0 Å². The van der Waals surface area contributed by atoms with Gasteiger partial charge in [-0.1, -0.05) is 18.2 Å². The molecule has 3 aromatic heterocycles. The topological polar surface area (TPSA) is 59.5 Å². The highest BCUT2D eigenvalue weighted by Crippen LogP contribution is 2.23. The number of benzene rings is 1. The van der Waals surface area contributed by atoms with Gasteiger partial charge in [-0.05, 0) is 43.7 Å². The van der Waals surface area contributed by atoms with Gasteiger partial charge in [0.1, 0.15) is 22.7 Å². The molecule has 1 atom stereocenters. The van der Waals surface area contributed by atoms with Crippen LogP contribution in [0.1, 0.15) is 34.8 Å². The maximum Gasteiger partial charge on any atom is 0.272 e. The lowest BCUT2D eigenvalue weighted by Crippen LogP contribution is -2.26. The van der Waals surface area contributed by atoms with E-state index < -0.39 is 0 Å². The van der Waals surface area contributed by atoms with Gasteiger partial charge in [0.05, 0.1) is 6.04 Å². The molecule has 1 N–H and O–H groups in total. The fourth-order valence-electron chi connectivity index (χ4n) is 2.75. The second-order valence-electron chi connectivity index (χ2n) is 5.98. The number of aromatic nitrogens is 2. The summed E-state index contributed by atoms with van der Waals surface area (Å²) in [6.07, 6.45) is 3.63. The molecule has 0 spiro atoms. The molecule has 1 amide bonds. The van der Waals surface area contributed by atoms with Crippen molar-refractivity contribution in [1.29, 1.82) is 0 Å². The summed E-state index contributed by atoms with van der Waals surface area (Å²) in [5, 5.41) is 3.97. The van der Waals surface area contributed by atoms with E-state index in [2.05, 4.69) is 10.3 Å². The summed E-state index contributed by atoms with van der Waals surface area (Å²) < 4.78 is 7.64. The van der Waals surface area contributed by atoms with Crippen LogP contribution in [0.3, 0.4) is 0 Å². The Kier molecular flexibility index (Phi) is 3.34. The molecular weight excluding hydrogens is 302 g/mol. The second kappa shape index (κ2) is 5.53. The number of amides is 1. The summed E-state index contributed by atoms with van der Waals surface area (Å²) in [6.45, 7) is 3.90. The van der Waals surface area contributed by atoms with Crippen LogP contribution in [0, 0.1) is 6.92 Å². The standard InChI is InChI=1S/C19H17N3O2/c1-12-7-8-22-11-15(21-18(22)9-12)19(23)20-13(2)17-10-14-5-3-4-6-16(14)24-17/h3-11,13H,1-2H3,(H,20,23). The van der Waals surface area contributed by atoms with Crippen molar-refractivity contribution in [3.05, 3.63) is 71.9 Å². The first-order valence-corrected chi connectivity index (χ1v) is 7.85. The summed E-state index contributed by atoms with van der Waals surface area (Å²) in [5.74, 6) is 0.508. The molecule has 5 nitrogen and oxygen atoms in total. The van der Waals surface area contributed by atoms with Crippen molar-refractivity contribution in [2.24, 2.45) is 0 Å². The van der Waals surface area contributed by atoms with Crippen LogP contribution in [0.5, 0.6) is 0 Å². The zero-order chi connectivity index (χ0) is 16.7. The third kappa shape index (κ3) is 2.54. The van der Waals surface area contributed by atoms with Crippen molar-refractivity contribution >= 4 is 22.5 Å². The number of aryl methyl sites for hydroxylation is 1. The lowest BCUT2D eigenvalue weighted by Gasteiger charge is -2.09. The minimum absolute atomic E-state index is 0.218. The van der Waals surface area contributed by atoms with E-state index in [-0.39, 0.29) is 11.9 Å². The van der Waals surface area contributed by atoms with Crippen molar-refractivity contribution in [2.45, 2.75) is 19.9 Å². The Hall–Kier alpha value is -3.08. The van der Waals surface area contributed by atoms with Crippen molar-refractivity contribution in [2.75, 3.05) is 0 Å². The van der Waals surface area contributed by atoms with E-state index in [1.807, 2.05) is 66.9 Å². The molecule has 0 radical (unpaired) electrons. The van der Waals surface area contributed by atoms with Gasteiger partial charge in [0.15, 0.2) is 0 Å². The minimum atomic E-state index is -0.239. The van der Waals surface area contributed by atoms with Gasteiger partial charge in [-0.3, -0.25) is 4.79 Å². The quantitative estimate of drug-likeness (QED) is 0.623. The number of pyridine rings is 1. The highest BCUT2D eigenvalue weighted by molar-refractivity contribution is 5.93. The summed E-state index contributed by atoms with van der Waals surface area (Å²) in [5.41, 5.74) is 3.08. The van der Waals surface area contributed by atoms with Gasteiger partial charge in [-0.15, -0.1) is 0 Å². The number of imidazole rings is 1. The lowest BCUT2D eigenvalue weighted by molar-refractivity contribution is 0.0931. The molecule has 0 saturated carbocycles. The lowest BCUT2D eigenvalue weighted by atomic mass is 10.2. The smallest absolute Gasteiger partial charge is 0.272 e. The number of fused-ring (bicyclic) bond motifs is 2. The monoisotopic (exact) mass is 319 g/mol. The third-order valence-electron chi connectivity index (χ3n) is 4.07. The average molecular weight is 319 g/mol. The fourth-order valence-corrected chi connectivity index (χ4v) is 2.75. The minimum Gasteiger partial charge on any atom is -0.459 e. The number of hydrogen-bond acceptors (Lipinski definition) is 3. The van der Waals surface area contributed by atoms with Crippen molar-refractivity contribution < 1.29 is 9.21 Å². The summed E-state index contributed by atoms with van der Waals surface area (Å²) in [4.78, 5) is 16.9. The SMILES string of the molecule is Cc1ccn2cc(C(=O)NC(C)c3cc4ccccc4o3)nc2c1. The van der Waals surface area contributed by atoms with E-state index in [4.69, 9.17) is 4.42 Å². The molecule has 1 unspecified atom stereocenters. The first-order chi connectivity index (χ1) is 11.6. The van der Waals surface area contributed by atoms with Crippen LogP contribution < -0.4 is 5.32 Å². The Labute approximate surface area is 138 Å². The molecule has 3 heterocycles. The van der Waals surface area contributed by atoms with E-state index in [0.29, 0.717) is 5.69 Å².